The van der Waals surface area contributed by atoms with E-state index < -0.39 is 23.1 Å². The third kappa shape index (κ3) is 3.08. The van der Waals surface area contributed by atoms with Gasteiger partial charge < -0.3 is 0 Å². The molecule has 0 saturated heterocycles. The highest BCUT2D eigenvalue weighted by Gasteiger charge is 2.33. The number of hydrogen-bond donors (Lipinski definition) is 0. The predicted molar refractivity (Wildman–Crippen MR) is 55.3 cm³/mol. The third-order valence-electron chi connectivity index (χ3n) is 2.01. The largest absolute Gasteiger partial charge is 0.417 e. The fourth-order valence-electron chi connectivity index (χ4n) is 1.24. The minimum absolute atomic E-state index is 0.0701. The lowest BCUT2D eigenvalue weighted by Crippen LogP contribution is -2.08. The first-order valence-electron chi connectivity index (χ1n) is 4.86. The Morgan fingerprint density at radius 2 is 1.81 bits per heavy atom. The Balaban J connectivity index is 3.25. The SMILES string of the molecule is CC(C)/C=C/c1c(F)cccc1C(F)(F)F. The van der Waals surface area contributed by atoms with Gasteiger partial charge in [-0.25, -0.2) is 4.39 Å². The Hall–Kier alpha value is -1.32. The number of hydrogen-bond acceptors (Lipinski definition) is 0. The van der Waals surface area contributed by atoms with Crippen LogP contribution in [0.2, 0.25) is 0 Å². The minimum Gasteiger partial charge on any atom is -0.206 e. The number of alkyl halides is 3. The van der Waals surface area contributed by atoms with Crippen molar-refractivity contribution in [3.8, 4) is 0 Å². The van der Waals surface area contributed by atoms with Crippen LogP contribution in [-0.2, 0) is 6.18 Å². The molecule has 1 aromatic carbocycles. The van der Waals surface area contributed by atoms with Gasteiger partial charge in [-0.15, -0.1) is 0 Å². The molecule has 88 valence electrons. The minimum atomic E-state index is -4.53. The lowest BCUT2D eigenvalue weighted by atomic mass is 10.0. The van der Waals surface area contributed by atoms with Crippen molar-refractivity contribution in [2.75, 3.05) is 0 Å². The van der Waals surface area contributed by atoms with Gasteiger partial charge in [0, 0.05) is 5.56 Å². The summed E-state index contributed by atoms with van der Waals surface area (Å²) in [4.78, 5) is 0. The Bertz CT molecular complexity index is 388. The van der Waals surface area contributed by atoms with Crippen molar-refractivity contribution in [2.45, 2.75) is 20.0 Å². The Morgan fingerprint density at radius 1 is 1.19 bits per heavy atom. The second-order valence-corrected chi connectivity index (χ2v) is 3.80. The number of benzene rings is 1. The lowest BCUT2D eigenvalue weighted by Gasteiger charge is -2.10. The Kier molecular flexibility index (Phi) is 3.73. The maximum absolute atomic E-state index is 13.3. The molecule has 0 aliphatic rings. The molecule has 0 aliphatic carbocycles. The van der Waals surface area contributed by atoms with Crippen molar-refractivity contribution in [1.82, 2.24) is 0 Å². The molecule has 0 bridgehead atoms. The molecule has 0 aromatic heterocycles. The van der Waals surface area contributed by atoms with E-state index >= 15 is 0 Å². The molecule has 0 amide bonds. The van der Waals surface area contributed by atoms with Gasteiger partial charge in [-0.05, 0) is 18.1 Å². The van der Waals surface area contributed by atoms with Crippen molar-refractivity contribution in [3.63, 3.8) is 0 Å². The van der Waals surface area contributed by atoms with E-state index in [1.807, 2.05) is 13.8 Å². The normalized spacial score (nSPS) is 12.7. The van der Waals surface area contributed by atoms with Crippen LogP contribution in [0.25, 0.3) is 6.08 Å². The molecule has 0 nitrogen and oxygen atoms in total. The maximum Gasteiger partial charge on any atom is 0.417 e. The number of rotatable bonds is 2. The van der Waals surface area contributed by atoms with Crippen molar-refractivity contribution < 1.29 is 17.6 Å². The molecule has 1 rings (SSSR count). The van der Waals surface area contributed by atoms with Crippen LogP contribution in [0.4, 0.5) is 17.6 Å². The van der Waals surface area contributed by atoms with Crippen LogP contribution in [0, 0.1) is 11.7 Å². The van der Waals surface area contributed by atoms with Crippen molar-refractivity contribution >= 4 is 6.08 Å². The summed E-state index contributed by atoms with van der Waals surface area (Å²) in [5, 5.41) is 0. The summed E-state index contributed by atoms with van der Waals surface area (Å²) < 4.78 is 50.9. The third-order valence-corrected chi connectivity index (χ3v) is 2.01. The Morgan fingerprint density at radius 3 is 2.31 bits per heavy atom. The molecule has 0 spiro atoms. The summed E-state index contributed by atoms with van der Waals surface area (Å²) >= 11 is 0. The molecule has 0 radical (unpaired) electrons. The summed E-state index contributed by atoms with van der Waals surface area (Å²) in [6.45, 7) is 3.62. The average Bonchev–Trinajstić information content (AvgIpc) is 2.13. The van der Waals surface area contributed by atoms with E-state index in [0.29, 0.717) is 0 Å². The first-order valence-corrected chi connectivity index (χ1v) is 4.86. The monoisotopic (exact) mass is 232 g/mol. The Labute approximate surface area is 91.6 Å². The van der Waals surface area contributed by atoms with Gasteiger partial charge in [-0.1, -0.05) is 32.1 Å². The van der Waals surface area contributed by atoms with E-state index in [1.165, 1.54) is 12.2 Å². The molecule has 1 aromatic rings. The van der Waals surface area contributed by atoms with Gasteiger partial charge in [-0.2, -0.15) is 13.2 Å². The van der Waals surface area contributed by atoms with Crippen LogP contribution in [0.5, 0.6) is 0 Å². The average molecular weight is 232 g/mol. The topological polar surface area (TPSA) is 0 Å². The van der Waals surface area contributed by atoms with Gasteiger partial charge in [0.25, 0.3) is 0 Å². The quantitative estimate of drug-likeness (QED) is 0.658. The molecule has 0 atom stereocenters. The first-order chi connectivity index (χ1) is 7.32. The van der Waals surface area contributed by atoms with E-state index in [1.54, 1.807) is 0 Å². The molecule has 0 unspecified atom stereocenters. The smallest absolute Gasteiger partial charge is 0.206 e. The second-order valence-electron chi connectivity index (χ2n) is 3.80. The highest BCUT2D eigenvalue weighted by Crippen LogP contribution is 2.33. The van der Waals surface area contributed by atoms with Gasteiger partial charge in [0.05, 0.1) is 5.56 Å². The van der Waals surface area contributed by atoms with E-state index in [0.717, 1.165) is 18.2 Å². The standard InChI is InChI=1S/C12H12F4/c1-8(2)6-7-9-10(12(14,15)16)4-3-5-11(9)13/h3-8H,1-2H3/b7-6+. The van der Waals surface area contributed by atoms with Crippen LogP contribution >= 0.6 is 0 Å². The van der Waals surface area contributed by atoms with Gasteiger partial charge in [0.2, 0.25) is 0 Å². The molecule has 16 heavy (non-hydrogen) atoms. The van der Waals surface area contributed by atoms with Gasteiger partial charge in [0.1, 0.15) is 5.82 Å². The highest BCUT2D eigenvalue weighted by atomic mass is 19.4. The molecule has 4 heteroatoms. The summed E-state index contributed by atoms with van der Waals surface area (Å²) in [5.74, 6) is -0.785. The predicted octanol–water partition coefficient (Wildman–Crippen LogP) is 4.51. The first kappa shape index (κ1) is 12.7. The number of allylic oxidation sites excluding steroid dienone is 1. The molecule has 0 saturated carbocycles. The number of halogens is 4. The van der Waals surface area contributed by atoms with Crippen LogP contribution in [0.3, 0.4) is 0 Å². The van der Waals surface area contributed by atoms with E-state index in [-0.39, 0.29) is 5.92 Å². The van der Waals surface area contributed by atoms with E-state index in [2.05, 4.69) is 0 Å². The second kappa shape index (κ2) is 4.68. The molecule has 0 N–H and O–H groups in total. The van der Waals surface area contributed by atoms with Crippen molar-refractivity contribution in [3.05, 3.63) is 41.2 Å². The zero-order valence-corrected chi connectivity index (χ0v) is 8.98. The summed E-state index contributed by atoms with van der Waals surface area (Å²) in [6, 6.07) is 2.96. The zero-order chi connectivity index (χ0) is 12.3. The van der Waals surface area contributed by atoms with Crippen molar-refractivity contribution in [1.29, 1.82) is 0 Å². The molecule has 0 heterocycles. The fraction of sp³-hybridized carbons (Fsp3) is 0.333. The highest BCUT2D eigenvalue weighted by molar-refractivity contribution is 5.55. The van der Waals surface area contributed by atoms with Gasteiger partial charge in [0.15, 0.2) is 0 Å². The van der Waals surface area contributed by atoms with E-state index in [4.69, 9.17) is 0 Å². The summed E-state index contributed by atoms with van der Waals surface area (Å²) in [7, 11) is 0. The molecule has 0 aliphatic heterocycles. The zero-order valence-electron chi connectivity index (χ0n) is 8.98. The summed E-state index contributed by atoms with van der Waals surface area (Å²) in [5.41, 5.74) is -1.34. The van der Waals surface area contributed by atoms with Crippen LogP contribution < -0.4 is 0 Å². The van der Waals surface area contributed by atoms with E-state index in [9.17, 15) is 17.6 Å². The van der Waals surface area contributed by atoms with Gasteiger partial charge in [-0.3, -0.25) is 0 Å². The van der Waals surface area contributed by atoms with Crippen LogP contribution in [-0.4, -0.2) is 0 Å². The van der Waals surface area contributed by atoms with Crippen molar-refractivity contribution in [2.24, 2.45) is 5.92 Å². The van der Waals surface area contributed by atoms with Gasteiger partial charge >= 0.3 is 6.18 Å². The summed E-state index contributed by atoms with van der Waals surface area (Å²) in [6.07, 6.45) is -1.81. The lowest BCUT2D eigenvalue weighted by molar-refractivity contribution is -0.137. The molecular weight excluding hydrogens is 220 g/mol. The van der Waals surface area contributed by atoms with Crippen LogP contribution in [0.1, 0.15) is 25.0 Å². The maximum atomic E-state index is 13.3. The molecule has 0 fully saturated rings. The molecular formula is C12H12F4. The van der Waals surface area contributed by atoms with Crippen LogP contribution in [0.15, 0.2) is 24.3 Å². The fourth-order valence-corrected chi connectivity index (χ4v) is 1.24.